The largest absolute Gasteiger partial charge is 0.404 e. The molecule has 1 rings (SSSR count). The number of carbonyl (C=O) groups is 1. The van der Waals surface area contributed by atoms with Crippen molar-refractivity contribution in [2.24, 2.45) is 5.73 Å². The summed E-state index contributed by atoms with van der Waals surface area (Å²) in [6, 6.07) is 5.35. The molecule has 1 heterocycles. The molecule has 0 atom stereocenters. The molecule has 0 aromatic carbocycles. The number of halogens is 1. The SMILES string of the molecule is NC=C(C(=O)CBr)c1ccccn1. The second-order valence-electron chi connectivity index (χ2n) is 2.35. The molecule has 1 aromatic rings. The van der Waals surface area contributed by atoms with Crippen LogP contribution in [0, 0.1) is 0 Å². The molecule has 1 aromatic heterocycles. The van der Waals surface area contributed by atoms with Crippen LogP contribution in [0.4, 0.5) is 0 Å². The van der Waals surface area contributed by atoms with Crippen LogP contribution < -0.4 is 5.73 Å². The van der Waals surface area contributed by atoms with Crippen molar-refractivity contribution in [3.8, 4) is 0 Å². The average molecular weight is 241 g/mol. The number of hydrogen-bond acceptors (Lipinski definition) is 3. The van der Waals surface area contributed by atoms with Crippen molar-refractivity contribution >= 4 is 27.3 Å². The summed E-state index contributed by atoms with van der Waals surface area (Å²) >= 11 is 3.08. The van der Waals surface area contributed by atoms with Crippen molar-refractivity contribution in [2.75, 3.05) is 5.33 Å². The number of hydrogen-bond donors (Lipinski definition) is 1. The highest BCUT2D eigenvalue weighted by atomic mass is 79.9. The quantitative estimate of drug-likeness (QED) is 0.641. The molecule has 0 saturated heterocycles. The van der Waals surface area contributed by atoms with E-state index in [9.17, 15) is 4.79 Å². The summed E-state index contributed by atoms with van der Waals surface area (Å²) < 4.78 is 0. The van der Waals surface area contributed by atoms with E-state index < -0.39 is 0 Å². The molecular formula is C9H9BrN2O. The Bertz CT molecular complexity index is 322. The first-order chi connectivity index (χ1) is 6.29. The van der Waals surface area contributed by atoms with E-state index in [1.165, 1.54) is 6.20 Å². The van der Waals surface area contributed by atoms with E-state index in [-0.39, 0.29) is 11.1 Å². The third-order valence-electron chi connectivity index (χ3n) is 1.53. The molecule has 0 fully saturated rings. The number of nitrogens with two attached hydrogens (primary N) is 1. The molecule has 4 heteroatoms. The maximum absolute atomic E-state index is 11.3. The molecule has 0 bridgehead atoms. The van der Waals surface area contributed by atoms with Crippen LogP contribution in [-0.2, 0) is 4.79 Å². The van der Waals surface area contributed by atoms with Crippen molar-refractivity contribution < 1.29 is 4.79 Å². The predicted molar refractivity (Wildman–Crippen MR) is 55.2 cm³/mol. The Balaban J connectivity index is 3.00. The molecule has 0 aliphatic heterocycles. The third-order valence-corrected chi connectivity index (χ3v) is 2.04. The Kier molecular flexibility index (Phi) is 3.64. The summed E-state index contributed by atoms with van der Waals surface area (Å²) in [7, 11) is 0. The van der Waals surface area contributed by atoms with Crippen LogP contribution in [0.5, 0.6) is 0 Å². The Labute approximate surface area is 84.8 Å². The molecule has 2 N–H and O–H groups in total. The molecule has 0 amide bonds. The third kappa shape index (κ3) is 2.39. The van der Waals surface area contributed by atoms with Gasteiger partial charge in [-0.25, -0.2) is 0 Å². The minimum absolute atomic E-state index is 0.0683. The molecule has 0 aliphatic rings. The number of Topliss-reactive ketones (excluding diaryl/α,β-unsaturated/α-hetero) is 1. The van der Waals surface area contributed by atoms with Gasteiger partial charge in [-0.3, -0.25) is 9.78 Å². The number of ketones is 1. The van der Waals surface area contributed by atoms with Crippen molar-refractivity contribution in [3.63, 3.8) is 0 Å². The molecular weight excluding hydrogens is 232 g/mol. The van der Waals surface area contributed by atoms with Crippen LogP contribution in [-0.4, -0.2) is 16.1 Å². The van der Waals surface area contributed by atoms with Crippen LogP contribution in [0.25, 0.3) is 5.57 Å². The van der Waals surface area contributed by atoms with E-state index >= 15 is 0 Å². The topological polar surface area (TPSA) is 56.0 Å². The maximum atomic E-state index is 11.3. The number of nitrogens with zero attached hydrogens (tertiary/aromatic N) is 1. The van der Waals surface area contributed by atoms with E-state index in [4.69, 9.17) is 5.73 Å². The second kappa shape index (κ2) is 4.77. The van der Waals surface area contributed by atoms with E-state index in [0.29, 0.717) is 11.3 Å². The highest BCUT2D eigenvalue weighted by Crippen LogP contribution is 2.11. The summed E-state index contributed by atoms with van der Waals surface area (Å²) in [4.78, 5) is 15.3. The number of alkyl halides is 1. The lowest BCUT2D eigenvalue weighted by atomic mass is 10.1. The van der Waals surface area contributed by atoms with Gasteiger partial charge in [-0.15, -0.1) is 0 Å². The summed E-state index contributed by atoms with van der Waals surface area (Å²) in [6.07, 6.45) is 2.91. The van der Waals surface area contributed by atoms with Gasteiger partial charge in [0.25, 0.3) is 0 Å². The summed E-state index contributed by atoms with van der Waals surface area (Å²) in [5.74, 6) is -0.0683. The maximum Gasteiger partial charge on any atom is 0.176 e. The van der Waals surface area contributed by atoms with E-state index in [0.717, 1.165) is 0 Å². The van der Waals surface area contributed by atoms with Gasteiger partial charge in [-0.2, -0.15) is 0 Å². The van der Waals surface area contributed by atoms with Crippen molar-refractivity contribution in [3.05, 3.63) is 36.3 Å². The van der Waals surface area contributed by atoms with Gasteiger partial charge in [0.2, 0.25) is 0 Å². The number of allylic oxidation sites excluding steroid dienone is 1. The monoisotopic (exact) mass is 240 g/mol. The van der Waals surface area contributed by atoms with Gasteiger partial charge in [0.15, 0.2) is 5.78 Å². The highest BCUT2D eigenvalue weighted by Gasteiger charge is 2.10. The van der Waals surface area contributed by atoms with Crippen molar-refractivity contribution in [2.45, 2.75) is 0 Å². The molecule has 0 unspecified atom stereocenters. The van der Waals surface area contributed by atoms with Crippen molar-refractivity contribution in [1.29, 1.82) is 0 Å². The first-order valence-electron chi connectivity index (χ1n) is 3.72. The Morgan fingerprint density at radius 1 is 1.62 bits per heavy atom. The minimum Gasteiger partial charge on any atom is -0.404 e. The van der Waals surface area contributed by atoms with Gasteiger partial charge in [0, 0.05) is 12.4 Å². The Morgan fingerprint density at radius 2 is 2.38 bits per heavy atom. The van der Waals surface area contributed by atoms with Crippen LogP contribution in [0.15, 0.2) is 30.6 Å². The second-order valence-corrected chi connectivity index (χ2v) is 2.91. The molecule has 68 valence electrons. The lowest BCUT2D eigenvalue weighted by Gasteiger charge is -2.01. The fourth-order valence-corrected chi connectivity index (χ4v) is 1.22. The summed E-state index contributed by atoms with van der Waals surface area (Å²) in [5, 5.41) is 0.257. The lowest BCUT2D eigenvalue weighted by molar-refractivity contribution is -0.111. The van der Waals surface area contributed by atoms with Crippen LogP contribution >= 0.6 is 15.9 Å². The molecule has 0 saturated carbocycles. The Hall–Kier alpha value is -1.16. The average Bonchev–Trinajstić information content (AvgIpc) is 2.20. The number of carbonyl (C=O) groups excluding carboxylic acids is 1. The zero-order chi connectivity index (χ0) is 9.68. The fraction of sp³-hybridized carbons (Fsp3) is 0.111. The highest BCUT2D eigenvalue weighted by molar-refractivity contribution is 9.09. The normalized spacial score (nSPS) is 11.3. The first kappa shape index (κ1) is 9.92. The van der Waals surface area contributed by atoms with Gasteiger partial charge in [0.1, 0.15) is 0 Å². The van der Waals surface area contributed by atoms with Gasteiger partial charge in [0.05, 0.1) is 16.6 Å². The van der Waals surface area contributed by atoms with Gasteiger partial charge < -0.3 is 5.73 Å². The van der Waals surface area contributed by atoms with E-state index in [2.05, 4.69) is 20.9 Å². The van der Waals surface area contributed by atoms with Crippen molar-refractivity contribution in [1.82, 2.24) is 4.98 Å². The molecule has 0 radical (unpaired) electrons. The molecule has 0 spiro atoms. The molecule has 3 nitrogen and oxygen atoms in total. The lowest BCUT2D eigenvalue weighted by Crippen LogP contribution is -2.06. The number of pyridine rings is 1. The smallest absolute Gasteiger partial charge is 0.176 e. The van der Waals surface area contributed by atoms with E-state index in [1.54, 1.807) is 18.3 Å². The molecule has 0 aliphatic carbocycles. The minimum atomic E-state index is -0.0683. The standard InChI is InChI=1S/C9H9BrN2O/c10-5-9(13)7(6-11)8-3-1-2-4-12-8/h1-4,6H,5,11H2. The van der Waals surface area contributed by atoms with E-state index in [1.807, 2.05) is 6.07 Å². The van der Waals surface area contributed by atoms with Crippen LogP contribution in [0.1, 0.15) is 5.69 Å². The number of aromatic nitrogens is 1. The fourth-order valence-electron chi connectivity index (χ4n) is 0.915. The van der Waals surface area contributed by atoms with Gasteiger partial charge in [-0.05, 0) is 12.1 Å². The Morgan fingerprint density at radius 3 is 2.85 bits per heavy atom. The zero-order valence-electron chi connectivity index (χ0n) is 6.90. The summed E-state index contributed by atoms with van der Waals surface area (Å²) in [6.45, 7) is 0. The zero-order valence-corrected chi connectivity index (χ0v) is 8.49. The van der Waals surface area contributed by atoms with Gasteiger partial charge in [-0.1, -0.05) is 22.0 Å². The predicted octanol–water partition coefficient (Wildman–Crippen LogP) is 1.35. The van der Waals surface area contributed by atoms with Gasteiger partial charge >= 0.3 is 0 Å². The van der Waals surface area contributed by atoms with Crippen LogP contribution in [0.2, 0.25) is 0 Å². The number of rotatable bonds is 3. The molecule has 13 heavy (non-hydrogen) atoms. The van der Waals surface area contributed by atoms with Crippen LogP contribution in [0.3, 0.4) is 0 Å². The summed E-state index contributed by atoms with van der Waals surface area (Å²) in [5.41, 5.74) is 6.39. The first-order valence-corrected chi connectivity index (χ1v) is 4.84.